The normalized spacial score (nSPS) is 15.9. The van der Waals surface area contributed by atoms with Crippen molar-refractivity contribution in [2.45, 2.75) is 6.92 Å². The molecule has 2 rings (SSSR count). The molecule has 0 atom stereocenters. The van der Waals surface area contributed by atoms with E-state index in [0.29, 0.717) is 0 Å². The van der Waals surface area contributed by atoms with E-state index < -0.39 is 0 Å². The number of nitrogens with one attached hydrogen (secondary N) is 2. The van der Waals surface area contributed by atoms with Gasteiger partial charge in [0.2, 0.25) is 5.91 Å². The van der Waals surface area contributed by atoms with Crippen molar-refractivity contribution in [1.82, 2.24) is 10.3 Å². The summed E-state index contributed by atoms with van der Waals surface area (Å²) < 4.78 is 0.811. The molecule has 1 amide bonds. The van der Waals surface area contributed by atoms with Crippen molar-refractivity contribution < 1.29 is 4.79 Å². The zero-order valence-electron chi connectivity index (χ0n) is 8.38. The first-order chi connectivity index (χ1) is 7.16. The molecule has 0 unspecified atom stereocenters. The quantitative estimate of drug-likeness (QED) is 0.797. The minimum Gasteiger partial charge on any atom is -0.324 e. The number of pyridine rings is 1. The minimum atomic E-state index is 0.0669. The smallest absolute Gasteiger partial charge is 0.230 e. The van der Waals surface area contributed by atoms with E-state index in [1.54, 1.807) is 6.20 Å². The maximum Gasteiger partial charge on any atom is 0.230 e. The molecule has 0 saturated carbocycles. The van der Waals surface area contributed by atoms with Gasteiger partial charge in [0.25, 0.3) is 0 Å². The van der Waals surface area contributed by atoms with Gasteiger partial charge in [0, 0.05) is 13.1 Å². The molecule has 2 heterocycles. The average Bonchev–Trinajstić information content (AvgIpc) is 2.08. The van der Waals surface area contributed by atoms with Crippen LogP contribution in [0, 0.1) is 12.8 Å². The number of hydrogen-bond acceptors (Lipinski definition) is 3. The van der Waals surface area contributed by atoms with E-state index >= 15 is 0 Å². The van der Waals surface area contributed by atoms with Gasteiger partial charge in [0.05, 0.1) is 17.8 Å². The van der Waals surface area contributed by atoms with E-state index in [2.05, 4.69) is 31.5 Å². The van der Waals surface area contributed by atoms with Gasteiger partial charge in [-0.15, -0.1) is 0 Å². The highest BCUT2D eigenvalue weighted by molar-refractivity contribution is 9.10. The second-order valence-electron chi connectivity index (χ2n) is 3.68. The molecule has 4 nitrogen and oxygen atoms in total. The Kier molecular flexibility index (Phi) is 3.02. The molecule has 1 aliphatic heterocycles. The topological polar surface area (TPSA) is 54.0 Å². The third-order valence-corrected chi connectivity index (χ3v) is 3.26. The third-order valence-electron chi connectivity index (χ3n) is 2.43. The van der Waals surface area contributed by atoms with E-state index in [1.165, 1.54) is 0 Å². The molecule has 0 aliphatic carbocycles. The third kappa shape index (κ3) is 2.35. The van der Waals surface area contributed by atoms with Crippen molar-refractivity contribution in [3.05, 3.63) is 22.4 Å². The van der Waals surface area contributed by atoms with Crippen LogP contribution >= 0.6 is 15.9 Å². The van der Waals surface area contributed by atoms with Crippen molar-refractivity contribution in [3.8, 4) is 0 Å². The van der Waals surface area contributed by atoms with Crippen LogP contribution in [0.1, 0.15) is 5.56 Å². The molecule has 15 heavy (non-hydrogen) atoms. The summed E-state index contributed by atoms with van der Waals surface area (Å²) in [5.41, 5.74) is 1.77. The SMILES string of the molecule is Cc1cc(NC(=O)C2CNC2)cnc1Br. The summed E-state index contributed by atoms with van der Waals surface area (Å²) >= 11 is 3.32. The van der Waals surface area contributed by atoms with Crippen LogP contribution in [0.5, 0.6) is 0 Å². The fourth-order valence-electron chi connectivity index (χ4n) is 1.34. The van der Waals surface area contributed by atoms with Crippen LogP contribution in [-0.2, 0) is 4.79 Å². The molecular formula is C10H12BrN3O. The maximum atomic E-state index is 11.6. The second-order valence-corrected chi connectivity index (χ2v) is 4.43. The van der Waals surface area contributed by atoms with Gasteiger partial charge < -0.3 is 10.6 Å². The molecule has 1 saturated heterocycles. The first kappa shape index (κ1) is 10.6. The molecule has 80 valence electrons. The van der Waals surface area contributed by atoms with Gasteiger partial charge in [0.15, 0.2) is 0 Å². The molecule has 2 N–H and O–H groups in total. The number of halogens is 1. The van der Waals surface area contributed by atoms with Gasteiger partial charge in [-0.05, 0) is 34.5 Å². The van der Waals surface area contributed by atoms with Gasteiger partial charge in [0.1, 0.15) is 4.60 Å². The molecule has 0 bridgehead atoms. The van der Waals surface area contributed by atoms with Crippen molar-refractivity contribution in [2.24, 2.45) is 5.92 Å². The molecule has 1 fully saturated rings. The number of carbonyl (C=O) groups is 1. The van der Waals surface area contributed by atoms with Crippen LogP contribution in [0.3, 0.4) is 0 Å². The fourth-order valence-corrected chi connectivity index (χ4v) is 1.56. The molecule has 1 aliphatic rings. The maximum absolute atomic E-state index is 11.6. The van der Waals surface area contributed by atoms with Crippen LogP contribution in [-0.4, -0.2) is 24.0 Å². The van der Waals surface area contributed by atoms with Crippen LogP contribution in [0.2, 0.25) is 0 Å². The molecule has 1 aromatic rings. The van der Waals surface area contributed by atoms with Gasteiger partial charge in [-0.25, -0.2) is 4.98 Å². The number of rotatable bonds is 2. The Bertz CT molecular complexity index is 390. The van der Waals surface area contributed by atoms with E-state index in [4.69, 9.17) is 0 Å². The predicted octanol–water partition coefficient (Wildman–Crippen LogP) is 1.31. The van der Waals surface area contributed by atoms with Crippen molar-refractivity contribution in [1.29, 1.82) is 0 Å². The lowest BCUT2D eigenvalue weighted by Gasteiger charge is -2.25. The zero-order valence-corrected chi connectivity index (χ0v) is 9.97. The highest BCUT2D eigenvalue weighted by Crippen LogP contribution is 2.17. The minimum absolute atomic E-state index is 0.0669. The van der Waals surface area contributed by atoms with E-state index in [0.717, 1.165) is 28.9 Å². The van der Waals surface area contributed by atoms with Crippen molar-refractivity contribution in [2.75, 3.05) is 18.4 Å². The summed E-state index contributed by atoms with van der Waals surface area (Å²) in [5, 5.41) is 5.91. The monoisotopic (exact) mass is 269 g/mol. The Morgan fingerprint density at radius 2 is 2.40 bits per heavy atom. The number of nitrogens with zero attached hydrogens (tertiary/aromatic N) is 1. The summed E-state index contributed by atoms with van der Waals surface area (Å²) in [7, 11) is 0. The number of carbonyl (C=O) groups excluding carboxylic acids is 1. The van der Waals surface area contributed by atoms with Crippen LogP contribution in [0.4, 0.5) is 5.69 Å². The largest absolute Gasteiger partial charge is 0.324 e. The summed E-state index contributed by atoms with van der Waals surface area (Å²) in [6.07, 6.45) is 1.65. The second kappa shape index (κ2) is 4.28. The predicted molar refractivity (Wildman–Crippen MR) is 61.7 cm³/mol. The summed E-state index contributed by atoms with van der Waals surface area (Å²) in [6.45, 7) is 3.49. The Morgan fingerprint density at radius 3 is 2.93 bits per heavy atom. The lowest BCUT2D eigenvalue weighted by atomic mass is 10.0. The number of aryl methyl sites for hydroxylation is 1. The first-order valence-electron chi connectivity index (χ1n) is 4.80. The van der Waals surface area contributed by atoms with E-state index in [1.807, 2.05) is 13.0 Å². The fraction of sp³-hybridized carbons (Fsp3) is 0.400. The summed E-state index contributed by atoms with van der Waals surface area (Å²) in [6, 6.07) is 1.90. The van der Waals surface area contributed by atoms with Crippen molar-refractivity contribution in [3.63, 3.8) is 0 Å². The first-order valence-corrected chi connectivity index (χ1v) is 5.60. The van der Waals surface area contributed by atoms with E-state index in [9.17, 15) is 4.79 Å². The van der Waals surface area contributed by atoms with Crippen molar-refractivity contribution >= 4 is 27.5 Å². The zero-order chi connectivity index (χ0) is 10.8. The van der Waals surface area contributed by atoms with Gasteiger partial charge >= 0.3 is 0 Å². The Labute approximate surface area is 96.6 Å². The average molecular weight is 270 g/mol. The Morgan fingerprint density at radius 1 is 1.67 bits per heavy atom. The summed E-state index contributed by atoms with van der Waals surface area (Å²) in [4.78, 5) is 15.7. The Hall–Kier alpha value is -0.940. The van der Waals surface area contributed by atoms with Crippen LogP contribution < -0.4 is 10.6 Å². The number of anilines is 1. The van der Waals surface area contributed by atoms with Gasteiger partial charge in [-0.1, -0.05) is 0 Å². The number of aromatic nitrogens is 1. The molecule has 0 spiro atoms. The Balaban J connectivity index is 2.03. The number of amides is 1. The molecule has 5 heteroatoms. The van der Waals surface area contributed by atoms with Crippen LogP contribution in [0.15, 0.2) is 16.9 Å². The molecule has 1 aromatic heterocycles. The van der Waals surface area contributed by atoms with Gasteiger partial charge in [-0.2, -0.15) is 0 Å². The standard InChI is InChI=1S/C10H12BrN3O/c1-6-2-8(5-13-9(6)11)14-10(15)7-3-12-4-7/h2,5,7,12H,3-4H2,1H3,(H,14,15). The van der Waals surface area contributed by atoms with Crippen LogP contribution in [0.25, 0.3) is 0 Å². The lowest BCUT2D eigenvalue weighted by Crippen LogP contribution is -2.48. The lowest BCUT2D eigenvalue weighted by molar-refractivity contribution is -0.121. The van der Waals surface area contributed by atoms with E-state index in [-0.39, 0.29) is 11.8 Å². The number of hydrogen-bond donors (Lipinski definition) is 2. The molecular weight excluding hydrogens is 258 g/mol. The highest BCUT2D eigenvalue weighted by atomic mass is 79.9. The highest BCUT2D eigenvalue weighted by Gasteiger charge is 2.24. The molecule has 0 aromatic carbocycles. The summed E-state index contributed by atoms with van der Waals surface area (Å²) in [5.74, 6) is 0.172. The van der Waals surface area contributed by atoms with Gasteiger partial charge in [-0.3, -0.25) is 4.79 Å². The molecule has 0 radical (unpaired) electrons.